The van der Waals surface area contributed by atoms with Gasteiger partial charge in [0.15, 0.2) is 11.4 Å². The Morgan fingerprint density at radius 1 is 0.980 bits per heavy atom. The number of likely N-dealkylation sites (tertiary alicyclic amines) is 1. The first-order valence-corrected chi connectivity index (χ1v) is 16.5. The van der Waals surface area contributed by atoms with Gasteiger partial charge in [-0.25, -0.2) is 14.4 Å². The summed E-state index contributed by atoms with van der Waals surface area (Å²) in [5.41, 5.74) is 4.19. The number of β-amino-alcohol motifs (C(OH)–C–C–N with tert-alkyl or cyclic N) is 1. The van der Waals surface area contributed by atoms with Crippen molar-refractivity contribution < 1.29 is 24.2 Å². The molecule has 0 saturated carbocycles. The molecule has 0 spiro atoms. The highest BCUT2D eigenvalue weighted by atomic mass is 19.1. The molecule has 0 aliphatic carbocycles. The maximum Gasteiger partial charge on any atom is 0.257 e. The number of nitrogens with zero attached hydrogens (tertiary/aromatic N) is 5. The highest BCUT2D eigenvalue weighted by molar-refractivity contribution is 6.01. The number of aromatic amines is 1. The first-order chi connectivity index (χ1) is 24.3. The number of aliphatic hydroxyl groups excluding tert-OH is 1. The van der Waals surface area contributed by atoms with E-state index in [2.05, 4.69) is 49.0 Å². The van der Waals surface area contributed by atoms with Crippen molar-refractivity contribution >= 4 is 39.7 Å². The average molecular weight is 677 g/mol. The van der Waals surface area contributed by atoms with Gasteiger partial charge in [-0.2, -0.15) is 5.10 Å². The molecule has 2 amide bonds. The molecule has 2 aliphatic rings. The fourth-order valence-electron chi connectivity index (χ4n) is 6.48. The molecule has 50 heavy (non-hydrogen) atoms. The summed E-state index contributed by atoms with van der Waals surface area (Å²) in [6.45, 7) is 1.70. The summed E-state index contributed by atoms with van der Waals surface area (Å²) in [4.78, 5) is 38.8. The van der Waals surface area contributed by atoms with E-state index in [0.29, 0.717) is 53.3 Å². The maximum atomic E-state index is 14.3. The topological polar surface area (TPSA) is 160 Å². The van der Waals surface area contributed by atoms with E-state index in [0.717, 1.165) is 17.5 Å². The number of nitrogens with one attached hydrogen (secondary N) is 3. The Hall–Kier alpha value is -5.50. The number of H-pyrrole nitrogens is 1. The molecule has 7 rings (SSSR count). The van der Waals surface area contributed by atoms with Crippen molar-refractivity contribution in [2.75, 3.05) is 56.5 Å². The van der Waals surface area contributed by atoms with Gasteiger partial charge in [-0.1, -0.05) is 30.3 Å². The van der Waals surface area contributed by atoms with E-state index in [1.807, 2.05) is 17.0 Å². The van der Waals surface area contributed by atoms with Crippen LogP contribution in [0.15, 0.2) is 85.2 Å². The number of anilines is 2. The summed E-state index contributed by atoms with van der Waals surface area (Å²) < 4.78 is 14.3. The van der Waals surface area contributed by atoms with Crippen molar-refractivity contribution in [1.29, 1.82) is 0 Å². The summed E-state index contributed by atoms with van der Waals surface area (Å²) in [7, 11) is 0. The molecule has 1 saturated heterocycles. The van der Waals surface area contributed by atoms with Crippen LogP contribution in [0.25, 0.3) is 39.1 Å². The number of aliphatic hydroxyl groups is 2. The van der Waals surface area contributed by atoms with Crippen LogP contribution in [0.5, 0.6) is 0 Å². The van der Waals surface area contributed by atoms with E-state index in [1.54, 1.807) is 53.7 Å². The lowest BCUT2D eigenvalue weighted by Gasteiger charge is -2.29. The molecule has 1 atom stereocenters. The quantitative estimate of drug-likeness (QED) is 0.148. The smallest absolute Gasteiger partial charge is 0.257 e. The molecule has 0 unspecified atom stereocenters. The Balaban J connectivity index is 0.949. The minimum atomic E-state index is -1.66. The highest BCUT2D eigenvalue weighted by Crippen LogP contribution is 2.32. The van der Waals surface area contributed by atoms with Gasteiger partial charge < -0.3 is 25.7 Å². The van der Waals surface area contributed by atoms with Crippen LogP contribution in [0.4, 0.5) is 15.8 Å². The van der Waals surface area contributed by atoms with E-state index in [1.165, 1.54) is 11.6 Å². The molecule has 0 radical (unpaired) electrons. The van der Waals surface area contributed by atoms with Gasteiger partial charge in [0.1, 0.15) is 11.5 Å². The van der Waals surface area contributed by atoms with Crippen molar-refractivity contribution in [3.8, 4) is 22.6 Å². The van der Waals surface area contributed by atoms with Gasteiger partial charge in [0.2, 0.25) is 5.91 Å². The van der Waals surface area contributed by atoms with E-state index in [4.69, 9.17) is 5.11 Å². The van der Waals surface area contributed by atoms with E-state index in [9.17, 15) is 19.1 Å². The number of carbonyl (C=O) groups excluding carboxylic acids is 2. The third kappa shape index (κ3) is 6.97. The van der Waals surface area contributed by atoms with Crippen LogP contribution in [0.1, 0.15) is 18.4 Å². The summed E-state index contributed by atoms with van der Waals surface area (Å²) in [5, 5.41) is 34.2. The largest absolute Gasteiger partial charge is 0.395 e. The number of fused-ring (bicyclic) bond motifs is 1. The number of hydrogen-bond acceptors (Lipinski definition) is 9. The Labute approximate surface area is 287 Å². The number of carbonyl (C=O) groups is 2. The zero-order valence-corrected chi connectivity index (χ0v) is 27.3. The van der Waals surface area contributed by atoms with Gasteiger partial charge in [-0.15, -0.1) is 0 Å². The van der Waals surface area contributed by atoms with Crippen LogP contribution in [0, 0.1) is 5.82 Å². The fourth-order valence-corrected chi connectivity index (χ4v) is 6.48. The summed E-state index contributed by atoms with van der Waals surface area (Å²) >= 11 is 0. The highest BCUT2D eigenvalue weighted by Gasteiger charge is 2.43. The van der Waals surface area contributed by atoms with E-state index in [-0.39, 0.29) is 44.3 Å². The predicted molar refractivity (Wildman–Crippen MR) is 188 cm³/mol. The number of aromatic nitrogens is 4. The molecule has 3 aromatic carbocycles. The molecule has 2 aliphatic heterocycles. The Kier molecular flexibility index (Phi) is 9.35. The average Bonchev–Trinajstić information content (AvgIpc) is 3.75. The number of benzene rings is 3. The zero-order chi connectivity index (χ0) is 34.7. The van der Waals surface area contributed by atoms with E-state index >= 15 is 0 Å². The molecule has 0 bridgehead atoms. The lowest BCUT2D eigenvalue weighted by molar-refractivity contribution is -0.135. The third-order valence-electron chi connectivity index (χ3n) is 9.24. The molecule has 1 fully saturated rings. The monoisotopic (exact) mass is 676 g/mol. The summed E-state index contributed by atoms with van der Waals surface area (Å²) in [5.74, 6) is -0.370. The van der Waals surface area contributed by atoms with Crippen LogP contribution in [0.3, 0.4) is 0 Å². The Morgan fingerprint density at radius 3 is 2.52 bits per heavy atom. The van der Waals surface area contributed by atoms with Crippen LogP contribution >= 0.6 is 0 Å². The van der Waals surface area contributed by atoms with Crippen molar-refractivity contribution in [2.45, 2.75) is 18.4 Å². The fraction of sp³-hybridized carbons (Fsp3) is 0.270. The molecular formula is C37H37FN8O4. The van der Waals surface area contributed by atoms with Gasteiger partial charge in [0, 0.05) is 67.3 Å². The first kappa shape index (κ1) is 33.0. The van der Waals surface area contributed by atoms with Crippen molar-refractivity contribution in [2.24, 2.45) is 0 Å². The number of halogens is 1. The molecule has 5 aromatic rings. The maximum absolute atomic E-state index is 14.3. The number of rotatable bonds is 10. The van der Waals surface area contributed by atoms with Crippen LogP contribution in [-0.2, 0) is 9.59 Å². The molecule has 256 valence electrons. The van der Waals surface area contributed by atoms with Crippen LogP contribution < -0.4 is 10.6 Å². The molecule has 4 heterocycles. The van der Waals surface area contributed by atoms with Gasteiger partial charge >= 0.3 is 0 Å². The summed E-state index contributed by atoms with van der Waals surface area (Å²) in [6.07, 6.45) is 6.43. The summed E-state index contributed by atoms with van der Waals surface area (Å²) in [6, 6.07) is 19.7. The Bertz CT molecular complexity index is 2050. The van der Waals surface area contributed by atoms with Crippen LogP contribution in [0.2, 0.25) is 0 Å². The van der Waals surface area contributed by atoms with E-state index < -0.39 is 17.3 Å². The standard InChI is InChI=1S/C37H37FN8O4/c38-30-8-6-27(20-32(30)39-15-19-47)34-29-21-28(7-9-31(29)43-44-34)42-36(49)37(50)12-18-45(23-37)22-33(48)46-16-10-25(11-17-46)24-2-4-26(5-3-24)35-40-13-1-14-41-35/h1-10,13-14,20-21,39,47,50H,11-12,15-19,22-23H2,(H,42,49)(H,43,44)/t37-/m0/s1. The lowest BCUT2D eigenvalue weighted by atomic mass is 9.98. The second-order valence-electron chi connectivity index (χ2n) is 12.6. The molecule has 2 aromatic heterocycles. The van der Waals surface area contributed by atoms with Crippen LogP contribution in [-0.4, -0.2) is 103 Å². The van der Waals surface area contributed by atoms with Gasteiger partial charge in [-0.3, -0.25) is 19.6 Å². The predicted octanol–water partition coefficient (Wildman–Crippen LogP) is 3.92. The SMILES string of the molecule is O=C(CN1CC[C@@](O)(C(=O)Nc2ccc3[nH]nc(-c4ccc(F)c(NCCO)c4)c3c2)C1)N1CC=C(c2ccc(-c3ncccn3)cc2)CC1. The molecule has 13 heteroatoms. The molecular weight excluding hydrogens is 639 g/mol. The second kappa shape index (κ2) is 14.2. The second-order valence-corrected chi connectivity index (χ2v) is 12.6. The normalized spacial score (nSPS) is 17.9. The Morgan fingerprint density at radius 2 is 1.76 bits per heavy atom. The van der Waals surface area contributed by atoms with Crippen molar-refractivity contribution in [3.63, 3.8) is 0 Å². The van der Waals surface area contributed by atoms with Crippen molar-refractivity contribution in [3.05, 3.63) is 96.6 Å². The zero-order valence-electron chi connectivity index (χ0n) is 27.3. The van der Waals surface area contributed by atoms with Gasteiger partial charge in [0.05, 0.1) is 24.4 Å². The molecule has 5 N–H and O–H groups in total. The first-order valence-electron chi connectivity index (χ1n) is 16.5. The minimum Gasteiger partial charge on any atom is -0.395 e. The van der Waals surface area contributed by atoms with Gasteiger partial charge in [-0.05, 0) is 66.4 Å². The number of amides is 2. The molecule has 12 nitrogen and oxygen atoms in total. The lowest BCUT2D eigenvalue weighted by Crippen LogP contribution is -2.47. The third-order valence-corrected chi connectivity index (χ3v) is 9.24. The minimum absolute atomic E-state index is 0.0371. The van der Waals surface area contributed by atoms with Crippen molar-refractivity contribution in [1.82, 2.24) is 30.0 Å². The van der Waals surface area contributed by atoms with Gasteiger partial charge in [0.25, 0.3) is 5.91 Å². The number of hydrogen-bond donors (Lipinski definition) is 5.